The van der Waals surface area contributed by atoms with E-state index in [0.717, 1.165) is 0 Å². The van der Waals surface area contributed by atoms with Crippen LogP contribution in [0.5, 0.6) is 0 Å². The lowest BCUT2D eigenvalue weighted by Crippen LogP contribution is -1.97. The third kappa shape index (κ3) is 3.01. The molecule has 2 rings (SSSR count). The van der Waals surface area contributed by atoms with Crippen molar-refractivity contribution in [2.75, 3.05) is 0 Å². The van der Waals surface area contributed by atoms with E-state index in [4.69, 9.17) is 0 Å². The van der Waals surface area contributed by atoms with Crippen LogP contribution >= 0.6 is 0 Å². The van der Waals surface area contributed by atoms with Crippen LogP contribution in [0.25, 0.3) is 0 Å². The average Bonchev–Trinajstić information content (AvgIpc) is 2.39. The molecule has 3 nitrogen and oxygen atoms in total. The molecular formula is C13H10FNO2S. The molecular weight excluding hydrogens is 253 g/mol. The SMILES string of the molecule is O=S(=O)(/N=C/c1ccc(F)cc1)c1ccccc1. The lowest BCUT2D eigenvalue weighted by atomic mass is 10.2. The molecule has 18 heavy (non-hydrogen) atoms. The Kier molecular flexibility index (Phi) is 3.53. The van der Waals surface area contributed by atoms with Crippen LogP contribution < -0.4 is 0 Å². The van der Waals surface area contributed by atoms with E-state index in [9.17, 15) is 12.8 Å². The van der Waals surface area contributed by atoms with Gasteiger partial charge in [0.05, 0.1) is 4.90 Å². The van der Waals surface area contributed by atoms with Crippen LogP contribution in [-0.4, -0.2) is 14.6 Å². The fourth-order valence-electron chi connectivity index (χ4n) is 1.33. The van der Waals surface area contributed by atoms with Gasteiger partial charge in [-0.2, -0.15) is 12.8 Å². The minimum absolute atomic E-state index is 0.128. The normalized spacial score (nSPS) is 11.8. The van der Waals surface area contributed by atoms with E-state index in [1.807, 2.05) is 0 Å². The maximum absolute atomic E-state index is 12.7. The molecule has 0 fully saturated rings. The van der Waals surface area contributed by atoms with Crippen LogP contribution in [-0.2, 0) is 10.0 Å². The van der Waals surface area contributed by atoms with E-state index in [1.54, 1.807) is 18.2 Å². The van der Waals surface area contributed by atoms with Gasteiger partial charge < -0.3 is 0 Å². The van der Waals surface area contributed by atoms with Crippen molar-refractivity contribution in [1.29, 1.82) is 0 Å². The Morgan fingerprint density at radius 3 is 2.17 bits per heavy atom. The molecule has 2 aromatic carbocycles. The van der Waals surface area contributed by atoms with Gasteiger partial charge in [-0.05, 0) is 29.8 Å². The van der Waals surface area contributed by atoms with Gasteiger partial charge in [0.25, 0.3) is 10.0 Å². The van der Waals surface area contributed by atoms with Crippen molar-refractivity contribution in [2.24, 2.45) is 4.40 Å². The second-order valence-electron chi connectivity index (χ2n) is 3.57. The van der Waals surface area contributed by atoms with E-state index >= 15 is 0 Å². The quantitative estimate of drug-likeness (QED) is 0.799. The molecule has 0 bridgehead atoms. The molecule has 0 aliphatic carbocycles. The summed E-state index contributed by atoms with van der Waals surface area (Å²) in [6, 6.07) is 13.3. The standard InChI is InChI=1S/C13H10FNO2S/c14-12-8-6-11(7-9-12)10-15-18(16,17)13-4-2-1-3-5-13/h1-10H/b15-10+. The van der Waals surface area contributed by atoms with Gasteiger partial charge >= 0.3 is 0 Å². The van der Waals surface area contributed by atoms with Crippen molar-refractivity contribution >= 4 is 16.2 Å². The largest absolute Gasteiger partial charge is 0.282 e. The summed E-state index contributed by atoms with van der Waals surface area (Å²) >= 11 is 0. The zero-order valence-corrected chi connectivity index (χ0v) is 10.1. The van der Waals surface area contributed by atoms with Crippen molar-refractivity contribution in [3.05, 3.63) is 66.0 Å². The summed E-state index contributed by atoms with van der Waals surface area (Å²) in [4.78, 5) is 0.128. The molecule has 5 heteroatoms. The zero-order chi connectivity index (χ0) is 13.0. The molecule has 2 aromatic rings. The van der Waals surface area contributed by atoms with Crippen LogP contribution in [0.2, 0.25) is 0 Å². The predicted octanol–water partition coefficient (Wildman–Crippen LogP) is 2.63. The third-order valence-corrected chi connectivity index (χ3v) is 3.50. The van der Waals surface area contributed by atoms with Gasteiger partial charge in [-0.25, -0.2) is 4.39 Å². The number of hydrogen-bond acceptors (Lipinski definition) is 2. The Morgan fingerprint density at radius 2 is 1.56 bits per heavy atom. The van der Waals surface area contributed by atoms with Crippen molar-refractivity contribution < 1.29 is 12.8 Å². The van der Waals surface area contributed by atoms with Crippen molar-refractivity contribution in [1.82, 2.24) is 0 Å². The Bertz CT molecular complexity index is 649. The van der Waals surface area contributed by atoms with Gasteiger partial charge in [0.15, 0.2) is 0 Å². The molecule has 0 unspecified atom stereocenters. The highest BCUT2D eigenvalue weighted by Crippen LogP contribution is 2.11. The van der Waals surface area contributed by atoms with Gasteiger partial charge in [-0.15, -0.1) is 0 Å². The highest BCUT2D eigenvalue weighted by molar-refractivity contribution is 7.90. The number of rotatable bonds is 3. The fourth-order valence-corrected chi connectivity index (χ4v) is 2.22. The summed E-state index contributed by atoms with van der Waals surface area (Å²) in [5.74, 6) is -0.377. The number of benzene rings is 2. The molecule has 0 radical (unpaired) electrons. The Morgan fingerprint density at radius 1 is 0.944 bits per heavy atom. The molecule has 0 aromatic heterocycles. The second-order valence-corrected chi connectivity index (χ2v) is 5.21. The average molecular weight is 263 g/mol. The van der Waals surface area contributed by atoms with Gasteiger partial charge in [-0.1, -0.05) is 30.3 Å². The molecule has 0 aliphatic rings. The van der Waals surface area contributed by atoms with Gasteiger partial charge in [0.2, 0.25) is 0 Å². The Hall–Kier alpha value is -2.01. The number of sulfonamides is 1. The van der Waals surface area contributed by atoms with Crippen LogP contribution in [0, 0.1) is 5.82 Å². The van der Waals surface area contributed by atoms with Gasteiger partial charge in [0.1, 0.15) is 5.82 Å². The maximum atomic E-state index is 12.7. The van der Waals surface area contributed by atoms with Crippen LogP contribution in [0.3, 0.4) is 0 Å². The van der Waals surface area contributed by atoms with Crippen molar-refractivity contribution in [3.8, 4) is 0 Å². The molecule has 0 spiro atoms. The van der Waals surface area contributed by atoms with E-state index in [2.05, 4.69) is 4.40 Å². The second kappa shape index (κ2) is 5.10. The third-order valence-electron chi connectivity index (χ3n) is 2.25. The minimum atomic E-state index is -3.69. The summed E-state index contributed by atoms with van der Waals surface area (Å²) in [6.45, 7) is 0. The number of halogens is 1. The topological polar surface area (TPSA) is 46.5 Å². The molecule has 0 saturated heterocycles. The predicted molar refractivity (Wildman–Crippen MR) is 67.6 cm³/mol. The summed E-state index contributed by atoms with van der Waals surface area (Å²) in [5.41, 5.74) is 0.524. The molecule has 0 saturated carbocycles. The Labute approximate surface area is 105 Å². The lowest BCUT2D eigenvalue weighted by Gasteiger charge is -1.97. The summed E-state index contributed by atoms with van der Waals surface area (Å²) in [6.07, 6.45) is 1.20. The van der Waals surface area contributed by atoms with E-state index in [0.29, 0.717) is 5.56 Å². The summed E-state index contributed by atoms with van der Waals surface area (Å²) < 4.78 is 39.8. The van der Waals surface area contributed by atoms with Gasteiger partial charge in [0, 0.05) is 6.21 Å². The van der Waals surface area contributed by atoms with Crippen molar-refractivity contribution in [3.63, 3.8) is 0 Å². The zero-order valence-electron chi connectivity index (χ0n) is 9.32. The molecule has 0 amide bonds. The molecule has 92 valence electrons. The first-order valence-electron chi connectivity index (χ1n) is 5.19. The number of nitrogens with zero attached hydrogens (tertiary/aromatic N) is 1. The first-order valence-corrected chi connectivity index (χ1v) is 6.63. The first-order chi connectivity index (χ1) is 8.58. The van der Waals surface area contributed by atoms with Crippen LogP contribution in [0.15, 0.2) is 63.9 Å². The smallest absolute Gasteiger partial charge is 0.207 e. The van der Waals surface area contributed by atoms with E-state index in [1.165, 1.54) is 42.6 Å². The first kappa shape index (κ1) is 12.4. The monoisotopic (exact) mass is 263 g/mol. The van der Waals surface area contributed by atoms with Crippen LogP contribution in [0.1, 0.15) is 5.56 Å². The Balaban J connectivity index is 2.26. The van der Waals surface area contributed by atoms with E-state index in [-0.39, 0.29) is 10.7 Å². The van der Waals surface area contributed by atoms with Crippen molar-refractivity contribution in [2.45, 2.75) is 4.90 Å². The lowest BCUT2D eigenvalue weighted by molar-refractivity contribution is 0.598. The molecule has 0 atom stereocenters. The summed E-state index contributed by atoms with van der Waals surface area (Å²) in [5, 5.41) is 0. The van der Waals surface area contributed by atoms with Gasteiger partial charge in [-0.3, -0.25) is 0 Å². The molecule has 0 N–H and O–H groups in total. The highest BCUT2D eigenvalue weighted by atomic mass is 32.2. The number of hydrogen-bond donors (Lipinski definition) is 0. The van der Waals surface area contributed by atoms with E-state index < -0.39 is 10.0 Å². The fraction of sp³-hybridized carbons (Fsp3) is 0. The molecule has 0 aliphatic heterocycles. The maximum Gasteiger partial charge on any atom is 0.282 e. The summed E-state index contributed by atoms with van der Waals surface area (Å²) in [7, 11) is -3.69. The molecule has 0 heterocycles. The highest BCUT2D eigenvalue weighted by Gasteiger charge is 2.09. The minimum Gasteiger partial charge on any atom is -0.207 e. The van der Waals surface area contributed by atoms with Crippen LogP contribution in [0.4, 0.5) is 4.39 Å².